The second-order valence-corrected chi connectivity index (χ2v) is 6.83. The predicted molar refractivity (Wildman–Crippen MR) is 94.2 cm³/mol. The molecule has 2 N–H and O–H groups in total. The van der Waals surface area contributed by atoms with Gasteiger partial charge in [-0.2, -0.15) is 0 Å². The molecular weight excluding hydrogens is 300 g/mol. The summed E-state index contributed by atoms with van der Waals surface area (Å²) in [5, 5.41) is 0. The van der Waals surface area contributed by atoms with Crippen molar-refractivity contribution in [3.8, 4) is 0 Å². The first kappa shape index (κ1) is 15.2. The van der Waals surface area contributed by atoms with Gasteiger partial charge in [-0.25, -0.2) is 0 Å². The van der Waals surface area contributed by atoms with Crippen LogP contribution in [0.5, 0.6) is 0 Å². The number of anilines is 1. The van der Waals surface area contributed by atoms with Crippen molar-refractivity contribution < 1.29 is 9.53 Å². The molecule has 0 atom stereocenters. The number of carbonyl (C=O) groups excluding carboxylic acids is 1. The number of primary amides is 1. The molecule has 4 rings (SSSR count). The number of hydrogen-bond acceptors (Lipinski definition) is 3. The maximum absolute atomic E-state index is 11.2. The molecule has 2 aliphatic rings. The fourth-order valence-electron chi connectivity index (χ4n) is 4.06. The molecule has 0 bridgehead atoms. The fraction of sp³-hybridized carbons (Fsp3) is 0.350. The maximum Gasteiger partial charge on any atom is 0.248 e. The average Bonchev–Trinajstić information content (AvgIpc) is 2.90. The topological polar surface area (TPSA) is 55.6 Å². The van der Waals surface area contributed by atoms with Crippen molar-refractivity contribution in [3.63, 3.8) is 0 Å². The summed E-state index contributed by atoms with van der Waals surface area (Å²) in [6.07, 6.45) is 2.17. The zero-order valence-corrected chi connectivity index (χ0v) is 13.7. The van der Waals surface area contributed by atoms with E-state index in [1.807, 2.05) is 24.3 Å². The van der Waals surface area contributed by atoms with Crippen LogP contribution in [-0.2, 0) is 16.7 Å². The Morgan fingerprint density at radius 1 is 1.08 bits per heavy atom. The normalized spacial score (nSPS) is 18.6. The Bertz CT molecular complexity index is 748. The molecule has 2 aliphatic heterocycles. The number of fused-ring (bicyclic) bond motifs is 2. The number of hydrogen-bond donors (Lipinski definition) is 1. The number of para-hydroxylation sites is 1. The molecule has 1 fully saturated rings. The van der Waals surface area contributed by atoms with E-state index >= 15 is 0 Å². The monoisotopic (exact) mass is 322 g/mol. The lowest BCUT2D eigenvalue weighted by molar-refractivity contribution is 0.0553. The quantitative estimate of drug-likeness (QED) is 0.945. The molecule has 2 aromatic rings. The number of nitrogens with zero attached hydrogens (tertiary/aromatic N) is 1. The summed E-state index contributed by atoms with van der Waals surface area (Å²) in [7, 11) is 0. The molecule has 2 heterocycles. The molecule has 1 amide bonds. The molecule has 4 heteroatoms. The second kappa shape index (κ2) is 5.95. The number of rotatable bonds is 3. The lowest BCUT2D eigenvalue weighted by Gasteiger charge is -2.34. The van der Waals surface area contributed by atoms with Crippen LogP contribution in [0.15, 0.2) is 48.5 Å². The van der Waals surface area contributed by atoms with E-state index in [4.69, 9.17) is 10.5 Å². The lowest BCUT2D eigenvalue weighted by Crippen LogP contribution is -2.38. The summed E-state index contributed by atoms with van der Waals surface area (Å²) in [5.41, 5.74) is 10.1. The van der Waals surface area contributed by atoms with E-state index in [9.17, 15) is 4.79 Å². The summed E-state index contributed by atoms with van der Waals surface area (Å²) in [5.74, 6) is -0.380. The molecule has 0 saturated carbocycles. The van der Waals surface area contributed by atoms with Gasteiger partial charge in [0.1, 0.15) is 0 Å². The van der Waals surface area contributed by atoms with Gasteiger partial charge >= 0.3 is 0 Å². The van der Waals surface area contributed by atoms with E-state index in [2.05, 4.69) is 29.2 Å². The van der Waals surface area contributed by atoms with Crippen molar-refractivity contribution in [2.24, 2.45) is 5.73 Å². The van der Waals surface area contributed by atoms with Crippen LogP contribution in [-0.4, -0.2) is 25.7 Å². The molecule has 4 nitrogen and oxygen atoms in total. The number of benzene rings is 2. The van der Waals surface area contributed by atoms with Crippen LogP contribution < -0.4 is 10.6 Å². The zero-order chi connectivity index (χ0) is 16.6. The minimum absolute atomic E-state index is 0.224. The van der Waals surface area contributed by atoms with Crippen LogP contribution in [0.2, 0.25) is 0 Å². The minimum Gasteiger partial charge on any atom is -0.381 e. The summed E-state index contributed by atoms with van der Waals surface area (Å²) in [6.45, 7) is 3.57. The zero-order valence-electron chi connectivity index (χ0n) is 13.7. The van der Waals surface area contributed by atoms with Gasteiger partial charge < -0.3 is 15.4 Å². The van der Waals surface area contributed by atoms with Gasteiger partial charge in [0, 0.05) is 43.0 Å². The highest BCUT2D eigenvalue weighted by Crippen LogP contribution is 2.46. The molecule has 1 spiro atoms. The van der Waals surface area contributed by atoms with Gasteiger partial charge in [-0.05, 0) is 42.2 Å². The third-order valence-corrected chi connectivity index (χ3v) is 5.37. The van der Waals surface area contributed by atoms with Gasteiger partial charge in [-0.3, -0.25) is 4.79 Å². The Hall–Kier alpha value is -2.33. The molecule has 2 aromatic carbocycles. The predicted octanol–water partition coefficient (Wildman–Crippen LogP) is 2.85. The Kier molecular flexibility index (Phi) is 3.77. The van der Waals surface area contributed by atoms with Gasteiger partial charge in [0.15, 0.2) is 0 Å². The molecule has 0 radical (unpaired) electrons. The van der Waals surface area contributed by atoms with Gasteiger partial charge in [-0.15, -0.1) is 0 Å². The SMILES string of the molecule is NC(=O)c1ccc(CN2CC3(CCOCC3)c3ccccc32)cc1. The molecule has 24 heavy (non-hydrogen) atoms. The van der Waals surface area contributed by atoms with E-state index in [1.165, 1.54) is 16.8 Å². The number of carbonyl (C=O) groups is 1. The smallest absolute Gasteiger partial charge is 0.248 e. The van der Waals surface area contributed by atoms with Crippen LogP contribution in [0, 0.1) is 0 Å². The number of nitrogens with two attached hydrogens (primary N) is 1. The van der Waals surface area contributed by atoms with E-state index < -0.39 is 0 Å². The molecule has 0 aromatic heterocycles. The van der Waals surface area contributed by atoms with Crippen molar-refractivity contribution in [3.05, 3.63) is 65.2 Å². The van der Waals surface area contributed by atoms with Crippen LogP contribution in [0.4, 0.5) is 5.69 Å². The van der Waals surface area contributed by atoms with Gasteiger partial charge in [0.25, 0.3) is 0 Å². The highest BCUT2D eigenvalue weighted by molar-refractivity contribution is 5.92. The first-order valence-corrected chi connectivity index (χ1v) is 8.49. The third-order valence-electron chi connectivity index (χ3n) is 5.37. The lowest BCUT2D eigenvalue weighted by atomic mass is 9.76. The van der Waals surface area contributed by atoms with Gasteiger partial charge in [0.05, 0.1) is 0 Å². The van der Waals surface area contributed by atoms with Crippen molar-refractivity contribution in [1.82, 2.24) is 0 Å². The van der Waals surface area contributed by atoms with E-state index in [-0.39, 0.29) is 11.3 Å². The Labute approximate surface area is 142 Å². The van der Waals surface area contributed by atoms with E-state index in [1.54, 1.807) is 0 Å². The highest BCUT2D eigenvalue weighted by atomic mass is 16.5. The molecule has 124 valence electrons. The standard InChI is InChI=1S/C20H22N2O2/c21-19(23)16-7-5-15(6-8-16)13-22-14-20(9-11-24-12-10-20)17-3-1-2-4-18(17)22/h1-8H,9-14H2,(H2,21,23). The van der Waals surface area contributed by atoms with Crippen molar-refractivity contribution in [2.45, 2.75) is 24.8 Å². The highest BCUT2D eigenvalue weighted by Gasteiger charge is 2.43. The maximum atomic E-state index is 11.2. The minimum atomic E-state index is -0.380. The largest absolute Gasteiger partial charge is 0.381 e. The Morgan fingerprint density at radius 2 is 1.79 bits per heavy atom. The molecule has 0 aliphatic carbocycles. The average molecular weight is 322 g/mol. The first-order valence-electron chi connectivity index (χ1n) is 8.49. The van der Waals surface area contributed by atoms with Crippen LogP contribution in [0.1, 0.15) is 34.3 Å². The summed E-state index contributed by atoms with van der Waals surface area (Å²) < 4.78 is 5.60. The van der Waals surface area contributed by atoms with Crippen molar-refractivity contribution in [2.75, 3.05) is 24.7 Å². The molecular formula is C20H22N2O2. The Balaban J connectivity index is 1.61. The van der Waals surface area contributed by atoms with Crippen molar-refractivity contribution in [1.29, 1.82) is 0 Å². The molecule has 0 unspecified atom stereocenters. The van der Waals surface area contributed by atoms with Crippen LogP contribution in [0.25, 0.3) is 0 Å². The summed E-state index contributed by atoms with van der Waals surface area (Å²) >= 11 is 0. The van der Waals surface area contributed by atoms with Gasteiger partial charge in [-0.1, -0.05) is 30.3 Å². The number of amides is 1. The van der Waals surface area contributed by atoms with E-state index in [0.29, 0.717) is 5.56 Å². The summed E-state index contributed by atoms with van der Waals surface area (Å²) in [4.78, 5) is 13.7. The Morgan fingerprint density at radius 3 is 2.50 bits per heavy atom. The van der Waals surface area contributed by atoms with Gasteiger partial charge in [0.2, 0.25) is 5.91 Å². The van der Waals surface area contributed by atoms with Crippen molar-refractivity contribution >= 4 is 11.6 Å². The van der Waals surface area contributed by atoms with E-state index in [0.717, 1.165) is 39.1 Å². The van der Waals surface area contributed by atoms with Crippen LogP contribution in [0.3, 0.4) is 0 Å². The fourth-order valence-corrected chi connectivity index (χ4v) is 4.06. The summed E-state index contributed by atoms with van der Waals surface area (Å²) in [6, 6.07) is 16.4. The second-order valence-electron chi connectivity index (χ2n) is 6.83. The number of ether oxygens (including phenoxy) is 1. The third kappa shape index (κ3) is 2.57. The van der Waals surface area contributed by atoms with Crippen LogP contribution >= 0.6 is 0 Å². The first-order chi connectivity index (χ1) is 11.7. The molecule has 1 saturated heterocycles.